The molecule has 192 valence electrons. The molecule has 5 rings (SSSR count). The number of carbonyl (C=O) groups is 2. The fourth-order valence-electron chi connectivity index (χ4n) is 5.76. The van der Waals surface area contributed by atoms with E-state index in [1.165, 1.54) is 32.1 Å². The molecule has 1 aliphatic carbocycles. The minimum absolute atomic E-state index is 0.0253. The second-order valence-electron chi connectivity index (χ2n) is 10.3. The van der Waals surface area contributed by atoms with Gasteiger partial charge in [0.05, 0.1) is 32.4 Å². The maximum Gasteiger partial charge on any atom is 0.271 e. The Morgan fingerprint density at radius 2 is 1.80 bits per heavy atom. The summed E-state index contributed by atoms with van der Waals surface area (Å²) < 4.78 is 18.7. The quantitative estimate of drug-likeness (QED) is 0.562. The predicted molar refractivity (Wildman–Crippen MR) is 136 cm³/mol. The first-order valence-electron chi connectivity index (χ1n) is 13.0. The standard InChI is InChI=1S/C21H26N2O5.C7H14/c1-13(24)21(2)12-22-16(20(25)23(21)11-14-6-5-9-28-14)10-15-17(26-3)7-8-18(27-4)19(15)22;1-2-7-5-3-4-6-7/h7-8,10,14H,5-6,9,11-12H2,1-4H3;7H,2-6H2,1H3. The maximum atomic E-state index is 13.5. The van der Waals surface area contributed by atoms with Crippen LogP contribution in [0.5, 0.6) is 11.5 Å². The molecule has 3 aliphatic rings. The van der Waals surface area contributed by atoms with E-state index < -0.39 is 5.54 Å². The highest BCUT2D eigenvalue weighted by Gasteiger charge is 2.47. The van der Waals surface area contributed by atoms with Gasteiger partial charge < -0.3 is 23.7 Å². The number of hydrogen-bond acceptors (Lipinski definition) is 5. The molecular weight excluding hydrogens is 444 g/mol. The highest BCUT2D eigenvalue weighted by molar-refractivity contribution is 6.05. The second-order valence-corrected chi connectivity index (χ2v) is 10.3. The van der Waals surface area contributed by atoms with Crippen molar-refractivity contribution in [2.24, 2.45) is 5.92 Å². The van der Waals surface area contributed by atoms with Crippen LogP contribution in [0.4, 0.5) is 0 Å². The van der Waals surface area contributed by atoms with Crippen molar-refractivity contribution in [1.82, 2.24) is 9.47 Å². The minimum Gasteiger partial charge on any atom is -0.496 e. The van der Waals surface area contributed by atoms with Crippen LogP contribution in [-0.4, -0.2) is 60.2 Å². The van der Waals surface area contributed by atoms with E-state index in [4.69, 9.17) is 14.2 Å². The van der Waals surface area contributed by atoms with Gasteiger partial charge in [0.15, 0.2) is 5.78 Å². The molecule has 0 radical (unpaired) electrons. The molecule has 35 heavy (non-hydrogen) atoms. The molecule has 2 unspecified atom stereocenters. The number of methoxy groups -OCH3 is 2. The lowest BCUT2D eigenvalue weighted by Crippen LogP contribution is -2.61. The molecule has 7 heteroatoms. The molecule has 0 N–H and O–H groups in total. The molecule has 2 aliphatic heterocycles. The first-order chi connectivity index (χ1) is 16.8. The third-order valence-electron chi connectivity index (χ3n) is 8.17. The van der Waals surface area contributed by atoms with Crippen molar-refractivity contribution in [2.75, 3.05) is 27.4 Å². The van der Waals surface area contributed by atoms with E-state index in [0.29, 0.717) is 36.9 Å². The third kappa shape index (κ3) is 4.80. The van der Waals surface area contributed by atoms with E-state index in [1.807, 2.05) is 29.7 Å². The van der Waals surface area contributed by atoms with Crippen LogP contribution >= 0.6 is 0 Å². The van der Waals surface area contributed by atoms with E-state index in [2.05, 4.69) is 6.92 Å². The Labute approximate surface area is 208 Å². The van der Waals surface area contributed by atoms with Gasteiger partial charge in [-0.2, -0.15) is 0 Å². The lowest BCUT2D eigenvalue weighted by Gasteiger charge is -2.44. The molecule has 1 saturated carbocycles. The van der Waals surface area contributed by atoms with Gasteiger partial charge in [-0.25, -0.2) is 0 Å². The number of nitrogens with zero attached hydrogens (tertiary/aromatic N) is 2. The van der Waals surface area contributed by atoms with Gasteiger partial charge in [0.1, 0.15) is 22.7 Å². The van der Waals surface area contributed by atoms with Crippen LogP contribution in [0.25, 0.3) is 10.9 Å². The molecule has 2 atom stereocenters. The van der Waals surface area contributed by atoms with Crippen LogP contribution in [0, 0.1) is 5.92 Å². The fraction of sp³-hybridized carbons (Fsp3) is 0.643. The molecule has 7 nitrogen and oxygen atoms in total. The number of rotatable bonds is 6. The Hall–Kier alpha value is -2.54. The Bertz CT molecular complexity index is 1060. The lowest BCUT2D eigenvalue weighted by atomic mass is 9.91. The van der Waals surface area contributed by atoms with E-state index in [1.54, 1.807) is 26.0 Å². The fourth-order valence-corrected chi connectivity index (χ4v) is 5.76. The van der Waals surface area contributed by atoms with Crippen molar-refractivity contribution in [1.29, 1.82) is 0 Å². The summed E-state index contributed by atoms with van der Waals surface area (Å²) in [4.78, 5) is 27.9. The number of ether oxygens (including phenoxy) is 3. The number of amides is 1. The Morgan fingerprint density at radius 1 is 1.11 bits per heavy atom. The number of aromatic nitrogens is 1. The summed E-state index contributed by atoms with van der Waals surface area (Å²) in [5.74, 6) is 2.20. The number of ketones is 1. The molecular formula is C28H40N2O5. The van der Waals surface area contributed by atoms with E-state index in [-0.39, 0.29) is 17.8 Å². The average Bonchev–Trinajstić information content (AvgIpc) is 3.63. The molecule has 1 amide bonds. The molecule has 2 fully saturated rings. The summed E-state index contributed by atoms with van der Waals surface area (Å²) in [6.07, 6.45) is 9.30. The SMILES string of the molecule is CCC1CCCC1.COc1ccc(OC)c2c1cc1n2CC(C)(C(C)=O)N(CC2CCCO2)C1=O. The maximum absolute atomic E-state index is 13.5. The number of fused-ring (bicyclic) bond motifs is 3. The molecule has 2 aromatic rings. The summed E-state index contributed by atoms with van der Waals surface area (Å²) in [5, 5.41) is 0.801. The first-order valence-corrected chi connectivity index (χ1v) is 13.0. The normalized spacial score (nSPS) is 24.3. The summed E-state index contributed by atoms with van der Waals surface area (Å²) >= 11 is 0. The molecule has 1 aromatic carbocycles. The van der Waals surface area contributed by atoms with Gasteiger partial charge in [-0.3, -0.25) is 9.59 Å². The summed E-state index contributed by atoms with van der Waals surface area (Å²) in [6, 6.07) is 5.48. The molecule has 1 aromatic heterocycles. The summed E-state index contributed by atoms with van der Waals surface area (Å²) in [5.41, 5.74) is 0.361. The number of benzene rings is 1. The smallest absolute Gasteiger partial charge is 0.271 e. The van der Waals surface area contributed by atoms with Crippen LogP contribution < -0.4 is 9.47 Å². The van der Waals surface area contributed by atoms with Crippen LogP contribution in [0.15, 0.2) is 18.2 Å². The Balaban J connectivity index is 0.000000356. The zero-order chi connectivity index (χ0) is 25.2. The second kappa shape index (κ2) is 10.6. The average molecular weight is 485 g/mol. The zero-order valence-electron chi connectivity index (χ0n) is 21.9. The van der Waals surface area contributed by atoms with Gasteiger partial charge in [-0.15, -0.1) is 0 Å². The van der Waals surface area contributed by atoms with Gasteiger partial charge in [0.25, 0.3) is 5.91 Å². The summed E-state index contributed by atoms with van der Waals surface area (Å²) in [6.45, 7) is 7.18. The predicted octanol–water partition coefficient (Wildman–Crippen LogP) is 5.23. The van der Waals surface area contributed by atoms with Crippen molar-refractivity contribution in [3.8, 4) is 11.5 Å². The number of hydrogen-bond donors (Lipinski definition) is 0. The highest BCUT2D eigenvalue weighted by atomic mass is 16.5. The van der Waals surface area contributed by atoms with Crippen molar-refractivity contribution in [3.05, 3.63) is 23.9 Å². The van der Waals surface area contributed by atoms with Crippen molar-refractivity contribution in [3.63, 3.8) is 0 Å². The number of carbonyl (C=O) groups excluding carboxylic acids is 2. The van der Waals surface area contributed by atoms with Crippen molar-refractivity contribution >= 4 is 22.6 Å². The largest absolute Gasteiger partial charge is 0.496 e. The van der Waals surface area contributed by atoms with Gasteiger partial charge in [-0.05, 0) is 50.8 Å². The molecule has 1 saturated heterocycles. The minimum atomic E-state index is -0.948. The van der Waals surface area contributed by atoms with Crippen molar-refractivity contribution < 1.29 is 23.8 Å². The molecule has 3 heterocycles. The van der Waals surface area contributed by atoms with Gasteiger partial charge >= 0.3 is 0 Å². The lowest BCUT2D eigenvalue weighted by molar-refractivity contribution is -0.129. The topological polar surface area (TPSA) is 70.0 Å². The van der Waals surface area contributed by atoms with Crippen LogP contribution in [-0.2, 0) is 16.1 Å². The summed E-state index contributed by atoms with van der Waals surface area (Å²) in [7, 11) is 3.20. The zero-order valence-corrected chi connectivity index (χ0v) is 21.9. The number of Topliss-reactive ketones (excluding diaryl/α,β-unsaturated/α-hetero) is 1. The van der Waals surface area contributed by atoms with Crippen LogP contribution in [0.1, 0.15) is 76.2 Å². The van der Waals surface area contributed by atoms with E-state index >= 15 is 0 Å². The Kier molecular flexibility index (Phi) is 7.74. The van der Waals surface area contributed by atoms with E-state index in [0.717, 1.165) is 29.7 Å². The molecule has 0 bridgehead atoms. The first kappa shape index (κ1) is 25.5. The van der Waals surface area contributed by atoms with E-state index in [9.17, 15) is 9.59 Å². The van der Waals surface area contributed by atoms with Gasteiger partial charge in [0.2, 0.25) is 0 Å². The van der Waals surface area contributed by atoms with Crippen LogP contribution in [0.2, 0.25) is 0 Å². The van der Waals surface area contributed by atoms with Crippen LogP contribution in [0.3, 0.4) is 0 Å². The Morgan fingerprint density at radius 3 is 2.34 bits per heavy atom. The van der Waals surface area contributed by atoms with Crippen molar-refractivity contribution in [2.45, 2.75) is 83.9 Å². The third-order valence-corrected chi connectivity index (χ3v) is 8.17. The monoisotopic (exact) mass is 484 g/mol. The highest BCUT2D eigenvalue weighted by Crippen LogP contribution is 2.40. The van der Waals surface area contributed by atoms with Gasteiger partial charge in [0, 0.05) is 18.5 Å². The van der Waals surface area contributed by atoms with Gasteiger partial charge in [-0.1, -0.05) is 39.0 Å². The molecule has 0 spiro atoms.